The topological polar surface area (TPSA) is 51.1 Å². The number of pyridine rings is 1. The summed E-state index contributed by atoms with van der Waals surface area (Å²) in [7, 11) is 0. The third-order valence-electron chi connectivity index (χ3n) is 3.82. The molecule has 0 aliphatic carbocycles. The Kier molecular flexibility index (Phi) is 5.84. The maximum Gasteiger partial charge on any atom is 0.251 e. The third kappa shape index (κ3) is 4.96. The molecule has 1 heterocycles. The molecule has 0 atom stereocenters. The van der Waals surface area contributed by atoms with Gasteiger partial charge in [-0.1, -0.05) is 44.5 Å². The summed E-state index contributed by atoms with van der Waals surface area (Å²) in [5.74, 6) is -0.103. The minimum atomic E-state index is -0.103. The average molecular weight is 347 g/mol. The Morgan fingerprint density at radius 1 is 1.12 bits per heavy atom. The van der Waals surface area contributed by atoms with E-state index in [0.717, 1.165) is 0 Å². The van der Waals surface area contributed by atoms with E-state index in [1.54, 1.807) is 16.8 Å². The normalized spacial score (nSPS) is 11.3. The van der Waals surface area contributed by atoms with Crippen LogP contribution in [-0.2, 0) is 12.0 Å². The zero-order chi connectivity index (χ0) is 17.7. The van der Waals surface area contributed by atoms with Crippen molar-refractivity contribution in [3.63, 3.8) is 0 Å². The first-order chi connectivity index (χ1) is 11.3. The number of hydrogen-bond acceptors (Lipinski definition) is 2. The Balaban J connectivity index is 1.85. The van der Waals surface area contributed by atoms with Crippen molar-refractivity contribution in [2.75, 3.05) is 6.54 Å². The molecule has 0 bridgehead atoms. The van der Waals surface area contributed by atoms with E-state index >= 15 is 0 Å². The highest BCUT2D eigenvalue weighted by molar-refractivity contribution is 6.30. The van der Waals surface area contributed by atoms with Crippen molar-refractivity contribution in [1.82, 2.24) is 9.88 Å². The number of aryl methyl sites for hydroxylation is 1. The quantitative estimate of drug-likeness (QED) is 0.841. The maximum absolute atomic E-state index is 12.1. The van der Waals surface area contributed by atoms with Gasteiger partial charge in [0.2, 0.25) is 0 Å². The van der Waals surface area contributed by atoms with E-state index in [1.807, 2.05) is 24.3 Å². The maximum atomic E-state index is 12.1. The Bertz CT molecular complexity index is 758. The van der Waals surface area contributed by atoms with Crippen molar-refractivity contribution in [2.45, 2.75) is 39.2 Å². The highest BCUT2D eigenvalue weighted by atomic mass is 35.5. The lowest BCUT2D eigenvalue weighted by atomic mass is 9.87. The Morgan fingerprint density at radius 3 is 2.42 bits per heavy atom. The average Bonchev–Trinajstić information content (AvgIpc) is 2.53. The lowest BCUT2D eigenvalue weighted by Gasteiger charge is -2.19. The second kappa shape index (κ2) is 7.67. The molecule has 0 saturated heterocycles. The summed E-state index contributed by atoms with van der Waals surface area (Å²) in [6.45, 7) is 7.43. The van der Waals surface area contributed by atoms with Crippen molar-refractivity contribution in [3.8, 4) is 0 Å². The van der Waals surface area contributed by atoms with Crippen LogP contribution in [0.2, 0.25) is 5.02 Å². The SMILES string of the molecule is CC(C)(C)c1ccc(C(=O)NCCCn2cc(Cl)ccc2=O)cc1. The molecule has 2 aromatic rings. The molecule has 0 fully saturated rings. The Labute approximate surface area is 147 Å². The van der Waals surface area contributed by atoms with Crippen molar-refractivity contribution in [1.29, 1.82) is 0 Å². The van der Waals surface area contributed by atoms with Gasteiger partial charge in [-0.05, 0) is 35.6 Å². The van der Waals surface area contributed by atoms with Crippen LogP contribution in [0, 0.1) is 0 Å². The highest BCUT2D eigenvalue weighted by Crippen LogP contribution is 2.22. The van der Waals surface area contributed by atoms with Gasteiger partial charge >= 0.3 is 0 Å². The van der Waals surface area contributed by atoms with Crippen molar-refractivity contribution in [2.24, 2.45) is 0 Å². The molecule has 0 aliphatic rings. The fraction of sp³-hybridized carbons (Fsp3) is 0.368. The molecule has 0 aliphatic heterocycles. The van der Waals surface area contributed by atoms with Gasteiger partial charge < -0.3 is 9.88 Å². The van der Waals surface area contributed by atoms with Gasteiger partial charge in [0.15, 0.2) is 0 Å². The van der Waals surface area contributed by atoms with Crippen LogP contribution in [0.5, 0.6) is 0 Å². The van der Waals surface area contributed by atoms with Crippen LogP contribution in [0.4, 0.5) is 0 Å². The van der Waals surface area contributed by atoms with Crippen molar-refractivity contribution < 1.29 is 4.79 Å². The fourth-order valence-electron chi connectivity index (χ4n) is 2.35. The minimum absolute atomic E-state index is 0.0687. The summed E-state index contributed by atoms with van der Waals surface area (Å²) in [5.41, 5.74) is 1.81. The molecule has 1 N–H and O–H groups in total. The first kappa shape index (κ1) is 18.3. The molecule has 0 radical (unpaired) electrons. The summed E-state index contributed by atoms with van der Waals surface area (Å²) < 4.78 is 1.55. The van der Waals surface area contributed by atoms with E-state index in [4.69, 9.17) is 11.6 Å². The summed E-state index contributed by atoms with van der Waals surface area (Å²) in [4.78, 5) is 23.8. The lowest BCUT2D eigenvalue weighted by Crippen LogP contribution is -2.27. The molecule has 1 aromatic carbocycles. The van der Waals surface area contributed by atoms with E-state index < -0.39 is 0 Å². The Hall–Kier alpha value is -2.07. The fourth-order valence-corrected chi connectivity index (χ4v) is 2.53. The third-order valence-corrected chi connectivity index (χ3v) is 4.05. The molecule has 24 heavy (non-hydrogen) atoms. The van der Waals surface area contributed by atoms with E-state index in [0.29, 0.717) is 30.1 Å². The number of benzene rings is 1. The summed E-state index contributed by atoms with van der Waals surface area (Å²) in [6.07, 6.45) is 2.27. The molecule has 1 amide bonds. The second-order valence-electron chi connectivity index (χ2n) is 6.82. The summed E-state index contributed by atoms with van der Waals surface area (Å²) in [5, 5.41) is 3.40. The van der Waals surface area contributed by atoms with E-state index in [9.17, 15) is 9.59 Å². The van der Waals surface area contributed by atoms with Crippen LogP contribution in [0.25, 0.3) is 0 Å². The van der Waals surface area contributed by atoms with Gasteiger partial charge in [0.05, 0.1) is 5.02 Å². The van der Waals surface area contributed by atoms with Crippen molar-refractivity contribution >= 4 is 17.5 Å². The second-order valence-corrected chi connectivity index (χ2v) is 7.25. The molecule has 4 nitrogen and oxygen atoms in total. The van der Waals surface area contributed by atoms with Crippen LogP contribution in [0.1, 0.15) is 43.1 Å². The number of rotatable bonds is 5. The number of aromatic nitrogens is 1. The van der Waals surface area contributed by atoms with Gasteiger partial charge in [-0.2, -0.15) is 0 Å². The molecule has 5 heteroatoms. The number of carbonyl (C=O) groups is 1. The van der Waals surface area contributed by atoms with Gasteiger partial charge in [-0.15, -0.1) is 0 Å². The zero-order valence-electron chi connectivity index (χ0n) is 14.3. The number of amides is 1. The van der Waals surface area contributed by atoms with Gasteiger partial charge in [0.25, 0.3) is 11.5 Å². The standard InChI is InChI=1S/C19H23ClN2O2/c1-19(2,3)15-7-5-14(6-8-15)18(24)21-11-4-12-22-13-16(20)9-10-17(22)23/h5-10,13H,4,11-12H2,1-3H3,(H,21,24). The van der Waals surface area contributed by atoms with E-state index in [-0.39, 0.29) is 16.9 Å². The number of nitrogens with zero attached hydrogens (tertiary/aromatic N) is 1. The molecular formula is C19H23ClN2O2. The van der Waals surface area contributed by atoms with Gasteiger partial charge in [0.1, 0.15) is 0 Å². The smallest absolute Gasteiger partial charge is 0.251 e. The molecule has 0 saturated carbocycles. The Morgan fingerprint density at radius 2 is 1.79 bits per heavy atom. The monoisotopic (exact) mass is 346 g/mol. The first-order valence-electron chi connectivity index (χ1n) is 8.02. The highest BCUT2D eigenvalue weighted by Gasteiger charge is 2.14. The number of nitrogens with one attached hydrogen (secondary N) is 1. The lowest BCUT2D eigenvalue weighted by molar-refractivity contribution is 0.0952. The van der Waals surface area contributed by atoms with Crippen molar-refractivity contribution in [3.05, 3.63) is 69.1 Å². The molecule has 128 valence electrons. The summed E-state index contributed by atoms with van der Waals surface area (Å²) in [6, 6.07) is 10.7. The van der Waals surface area contributed by atoms with Gasteiger partial charge in [0, 0.05) is 30.9 Å². The van der Waals surface area contributed by atoms with Crippen LogP contribution >= 0.6 is 11.6 Å². The number of hydrogen-bond donors (Lipinski definition) is 1. The van der Waals surface area contributed by atoms with Gasteiger partial charge in [-0.25, -0.2) is 0 Å². The minimum Gasteiger partial charge on any atom is -0.352 e. The predicted octanol–water partition coefficient (Wildman–Crippen LogP) is 3.62. The number of halogens is 1. The first-order valence-corrected chi connectivity index (χ1v) is 8.40. The molecule has 0 unspecified atom stereocenters. The van der Waals surface area contributed by atoms with Crippen LogP contribution in [0.3, 0.4) is 0 Å². The molecule has 0 spiro atoms. The zero-order valence-corrected chi connectivity index (χ0v) is 15.1. The van der Waals surface area contributed by atoms with Crippen LogP contribution in [0.15, 0.2) is 47.4 Å². The number of carbonyl (C=O) groups excluding carboxylic acids is 1. The van der Waals surface area contributed by atoms with E-state index in [1.165, 1.54) is 11.6 Å². The van der Waals surface area contributed by atoms with Crippen LogP contribution < -0.4 is 10.9 Å². The van der Waals surface area contributed by atoms with Crippen LogP contribution in [-0.4, -0.2) is 17.0 Å². The molecule has 2 rings (SSSR count). The summed E-state index contributed by atoms with van der Waals surface area (Å²) >= 11 is 5.88. The largest absolute Gasteiger partial charge is 0.352 e. The molecular weight excluding hydrogens is 324 g/mol. The van der Waals surface area contributed by atoms with E-state index in [2.05, 4.69) is 26.1 Å². The predicted molar refractivity (Wildman–Crippen MR) is 97.8 cm³/mol. The molecule has 1 aromatic heterocycles. The van der Waals surface area contributed by atoms with Gasteiger partial charge in [-0.3, -0.25) is 9.59 Å².